The summed E-state index contributed by atoms with van der Waals surface area (Å²) in [6.45, 7) is 0.884. The van der Waals surface area contributed by atoms with Crippen molar-refractivity contribution in [3.05, 3.63) is 29.3 Å². The molecule has 0 aliphatic carbocycles. The van der Waals surface area contributed by atoms with Crippen LogP contribution in [0.4, 0.5) is 0 Å². The average molecular weight is 332 g/mol. The fraction of sp³-hybridized carbons (Fsp3) is 0.312. The summed E-state index contributed by atoms with van der Waals surface area (Å²) in [5.74, 6) is -1.72. The van der Waals surface area contributed by atoms with Gasteiger partial charge in [0.1, 0.15) is 11.6 Å². The number of carbonyl (C=O) groups is 2. The Bertz CT molecular complexity index is 677. The van der Waals surface area contributed by atoms with Crippen molar-refractivity contribution >= 4 is 17.9 Å². The first-order valence-electron chi connectivity index (χ1n) is 7.17. The monoisotopic (exact) mass is 332 g/mol. The highest BCUT2D eigenvalue weighted by atomic mass is 16.3. The van der Waals surface area contributed by atoms with Gasteiger partial charge in [0.05, 0.1) is 6.54 Å². The van der Waals surface area contributed by atoms with Crippen LogP contribution in [-0.2, 0) is 9.59 Å². The van der Waals surface area contributed by atoms with E-state index in [0.717, 1.165) is 0 Å². The van der Waals surface area contributed by atoms with Crippen molar-refractivity contribution in [1.82, 2.24) is 15.5 Å². The normalized spacial score (nSPS) is 11.0. The predicted molar refractivity (Wildman–Crippen MR) is 87.9 cm³/mol. The molecule has 24 heavy (non-hydrogen) atoms. The molecular weight excluding hydrogens is 312 g/mol. The van der Waals surface area contributed by atoms with Gasteiger partial charge >= 0.3 is 0 Å². The molecule has 0 atom stereocenters. The highest BCUT2D eigenvalue weighted by Gasteiger charge is 2.11. The summed E-state index contributed by atoms with van der Waals surface area (Å²) in [6.07, 6.45) is 1.25. The first kappa shape index (κ1) is 19.0. The third-order valence-corrected chi connectivity index (χ3v) is 2.97. The lowest BCUT2D eigenvalue weighted by atomic mass is 10.1. The van der Waals surface area contributed by atoms with Gasteiger partial charge in [0.25, 0.3) is 5.91 Å². The molecule has 0 spiro atoms. The van der Waals surface area contributed by atoms with E-state index in [0.29, 0.717) is 18.7 Å². The Kier molecular flexibility index (Phi) is 7.26. The van der Waals surface area contributed by atoms with E-state index in [1.54, 1.807) is 6.07 Å². The molecule has 8 nitrogen and oxygen atoms in total. The number of carbonyl (C=O) groups excluding carboxylic acids is 2. The molecule has 2 amide bonds. The van der Waals surface area contributed by atoms with Gasteiger partial charge in [0.2, 0.25) is 5.91 Å². The minimum atomic E-state index is -0.701. The molecule has 0 heterocycles. The maximum Gasteiger partial charge on any atom is 0.262 e. The molecule has 0 bridgehead atoms. The Labute approximate surface area is 140 Å². The van der Waals surface area contributed by atoms with Gasteiger partial charge in [-0.1, -0.05) is 6.07 Å². The molecule has 0 aliphatic heterocycles. The number of nitriles is 1. The quantitative estimate of drug-likeness (QED) is 0.311. The Morgan fingerprint density at radius 1 is 1.25 bits per heavy atom. The molecule has 0 saturated heterocycles. The van der Waals surface area contributed by atoms with Gasteiger partial charge in [-0.25, -0.2) is 0 Å². The van der Waals surface area contributed by atoms with Crippen LogP contribution in [0.5, 0.6) is 11.5 Å². The van der Waals surface area contributed by atoms with Crippen LogP contribution in [0.1, 0.15) is 5.56 Å². The molecule has 0 radical (unpaired) electrons. The van der Waals surface area contributed by atoms with Gasteiger partial charge < -0.3 is 25.7 Å². The summed E-state index contributed by atoms with van der Waals surface area (Å²) in [5.41, 5.74) is 0.147. The fourth-order valence-corrected chi connectivity index (χ4v) is 1.68. The number of nitrogens with one attached hydrogen (secondary N) is 2. The summed E-state index contributed by atoms with van der Waals surface area (Å²) < 4.78 is 0. The largest absolute Gasteiger partial charge is 0.504 e. The molecule has 4 N–H and O–H groups in total. The molecule has 0 aromatic heterocycles. The zero-order chi connectivity index (χ0) is 18.1. The number of benzene rings is 1. The van der Waals surface area contributed by atoms with Crippen LogP contribution in [0.3, 0.4) is 0 Å². The molecule has 0 fully saturated rings. The van der Waals surface area contributed by atoms with Crippen molar-refractivity contribution in [3.8, 4) is 17.6 Å². The molecule has 1 aromatic carbocycles. The number of hydrogen-bond donors (Lipinski definition) is 4. The smallest absolute Gasteiger partial charge is 0.262 e. The van der Waals surface area contributed by atoms with Crippen LogP contribution in [0.15, 0.2) is 23.8 Å². The van der Waals surface area contributed by atoms with E-state index in [2.05, 4.69) is 10.6 Å². The highest BCUT2D eigenvalue weighted by molar-refractivity contribution is 6.03. The first-order valence-corrected chi connectivity index (χ1v) is 7.17. The van der Waals surface area contributed by atoms with Crippen LogP contribution in [0, 0.1) is 11.3 Å². The first-order chi connectivity index (χ1) is 11.3. The van der Waals surface area contributed by atoms with E-state index in [9.17, 15) is 19.8 Å². The second-order valence-electron chi connectivity index (χ2n) is 5.25. The Balaban J connectivity index is 2.60. The van der Waals surface area contributed by atoms with Gasteiger partial charge in [0.15, 0.2) is 11.5 Å². The Hall–Kier alpha value is -3.05. The number of phenols is 2. The summed E-state index contributed by atoms with van der Waals surface area (Å²) in [5, 5.41) is 32.7. The summed E-state index contributed by atoms with van der Waals surface area (Å²) in [7, 11) is 3.75. The lowest BCUT2D eigenvalue weighted by molar-refractivity contribution is -0.124. The second kappa shape index (κ2) is 9.17. The van der Waals surface area contributed by atoms with Crippen molar-refractivity contribution in [1.29, 1.82) is 5.26 Å². The van der Waals surface area contributed by atoms with E-state index in [4.69, 9.17) is 5.26 Å². The Morgan fingerprint density at radius 3 is 2.54 bits per heavy atom. The number of amides is 2. The molecule has 0 aliphatic rings. The number of likely N-dealkylation sites (N-methyl/N-ethyl adjacent to an activating group) is 1. The summed E-state index contributed by atoms with van der Waals surface area (Å²) >= 11 is 0. The molecule has 8 heteroatoms. The lowest BCUT2D eigenvalue weighted by Gasteiger charge is -2.10. The van der Waals surface area contributed by atoms with Crippen molar-refractivity contribution in [2.45, 2.75) is 0 Å². The topological polar surface area (TPSA) is 126 Å². The number of aromatic hydroxyl groups is 2. The average Bonchev–Trinajstić information content (AvgIpc) is 2.53. The molecule has 128 valence electrons. The van der Waals surface area contributed by atoms with Gasteiger partial charge in [-0.05, 0) is 37.9 Å². The second-order valence-corrected chi connectivity index (χ2v) is 5.25. The minimum absolute atomic E-state index is 0.221. The van der Waals surface area contributed by atoms with E-state index >= 15 is 0 Å². The van der Waals surface area contributed by atoms with Crippen molar-refractivity contribution in [3.63, 3.8) is 0 Å². The van der Waals surface area contributed by atoms with Gasteiger partial charge in [-0.2, -0.15) is 5.26 Å². The van der Waals surface area contributed by atoms with Crippen LogP contribution >= 0.6 is 0 Å². The van der Waals surface area contributed by atoms with Gasteiger partial charge in [-0.3, -0.25) is 9.59 Å². The third kappa shape index (κ3) is 6.37. The van der Waals surface area contributed by atoms with E-state index < -0.39 is 5.91 Å². The standard InChI is InChI=1S/C16H20N4O4/c1-20(2)6-5-18-15(23)10-19-16(24)12(9-17)7-11-3-4-13(21)14(22)8-11/h3-4,7-8,21-22H,5-6,10H2,1-2H3,(H,18,23)(H,19,24)/b12-7+. The summed E-state index contributed by atoms with van der Waals surface area (Å²) in [6, 6.07) is 5.63. The van der Waals surface area contributed by atoms with Crippen LogP contribution in [0.2, 0.25) is 0 Å². The molecule has 1 rings (SSSR count). The molecule has 0 saturated carbocycles. The van der Waals surface area contributed by atoms with Crippen molar-refractivity contribution < 1.29 is 19.8 Å². The van der Waals surface area contributed by atoms with Crippen LogP contribution in [0.25, 0.3) is 6.08 Å². The van der Waals surface area contributed by atoms with Gasteiger partial charge in [-0.15, -0.1) is 0 Å². The highest BCUT2D eigenvalue weighted by Crippen LogP contribution is 2.25. The van der Waals surface area contributed by atoms with E-state index in [-0.39, 0.29) is 29.5 Å². The fourth-order valence-electron chi connectivity index (χ4n) is 1.68. The predicted octanol–water partition coefficient (Wildman–Crippen LogP) is -0.201. The number of phenolic OH excluding ortho intramolecular Hbond substituents is 2. The van der Waals surface area contributed by atoms with Crippen LogP contribution in [-0.4, -0.2) is 60.7 Å². The van der Waals surface area contributed by atoms with Crippen molar-refractivity contribution in [2.24, 2.45) is 0 Å². The van der Waals surface area contributed by atoms with Gasteiger partial charge in [0, 0.05) is 13.1 Å². The minimum Gasteiger partial charge on any atom is -0.504 e. The zero-order valence-corrected chi connectivity index (χ0v) is 13.5. The lowest BCUT2D eigenvalue weighted by Crippen LogP contribution is -2.39. The third-order valence-electron chi connectivity index (χ3n) is 2.97. The van der Waals surface area contributed by atoms with E-state index in [1.165, 1.54) is 24.3 Å². The maximum atomic E-state index is 11.9. The summed E-state index contributed by atoms with van der Waals surface area (Å²) in [4.78, 5) is 25.4. The number of rotatable bonds is 7. The maximum absolute atomic E-state index is 11.9. The zero-order valence-electron chi connectivity index (χ0n) is 13.5. The SMILES string of the molecule is CN(C)CCNC(=O)CNC(=O)/C(C#N)=C/c1ccc(O)c(O)c1. The van der Waals surface area contributed by atoms with Crippen molar-refractivity contribution in [2.75, 3.05) is 33.7 Å². The number of hydrogen-bond acceptors (Lipinski definition) is 6. The Morgan fingerprint density at radius 2 is 1.96 bits per heavy atom. The number of nitrogens with zero attached hydrogens (tertiary/aromatic N) is 2. The van der Waals surface area contributed by atoms with E-state index in [1.807, 2.05) is 19.0 Å². The molecular formula is C16H20N4O4. The molecule has 0 unspecified atom stereocenters. The molecule has 1 aromatic rings. The van der Waals surface area contributed by atoms with Crippen LogP contribution < -0.4 is 10.6 Å².